The lowest BCUT2D eigenvalue weighted by Gasteiger charge is -2.39. The van der Waals surface area contributed by atoms with Crippen LogP contribution in [0, 0.1) is 0 Å². The van der Waals surface area contributed by atoms with E-state index in [0.29, 0.717) is 24.7 Å². The molecule has 0 radical (unpaired) electrons. The van der Waals surface area contributed by atoms with Crippen molar-refractivity contribution >= 4 is 23.3 Å². The van der Waals surface area contributed by atoms with Crippen molar-refractivity contribution in [3.8, 4) is 0 Å². The summed E-state index contributed by atoms with van der Waals surface area (Å²) in [4.78, 5) is 16.1. The zero-order valence-corrected chi connectivity index (χ0v) is 12.3. The second-order valence-electron chi connectivity index (χ2n) is 4.92. The molecule has 0 aromatic heterocycles. The molecule has 0 unspecified atom stereocenters. The number of hydrogen-bond donors (Lipinski definition) is 0. The Balaban J connectivity index is 2.38. The maximum absolute atomic E-state index is 12.5. The molecule has 1 heterocycles. The normalized spacial score (nSPS) is 15.1. The van der Waals surface area contributed by atoms with Gasteiger partial charge in [-0.05, 0) is 31.5 Å². The molecule has 1 aromatic rings. The van der Waals surface area contributed by atoms with Gasteiger partial charge in [0, 0.05) is 24.7 Å². The average molecular weight is 283 g/mol. The van der Waals surface area contributed by atoms with E-state index in [2.05, 4.69) is 0 Å². The molecule has 2 amide bonds. The van der Waals surface area contributed by atoms with Crippen molar-refractivity contribution < 1.29 is 9.53 Å². The fraction of sp³-hybridized carbons (Fsp3) is 0.500. The minimum Gasteiger partial charge on any atom is -0.383 e. The maximum atomic E-state index is 12.5. The lowest BCUT2D eigenvalue weighted by molar-refractivity contribution is 0.173. The van der Waals surface area contributed by atoms with Gasteiger partial charge in [0.15, 0.2) is 0 Å². The van der Waals surface area contributed by atoms with Crippen molar-refractivity contribution in [2.75, 3.05) is 25.2 Å². The zero-order chi connectivity index (χ0) is 14.0. The number of ether oxygens (including phenoxy) is 1. The van der Waals surface area contributed by atoms with E-state index in [1.165, 1.54) is 0 Å². The van der Waals surface area contributed by atoms with Gasteiger partial charge in [0.2, 0.25) is 0 Å². The van der Waals surface area contributed by atoms with E-state index in [9.17, 15) is 4.79 Å². The highest BCUT2D eigenvalue weighted by Gasteiger charge is 2.31. The van der Waals surface area contributed by atoms with Gasteiger partial charge in [-0.1, -0.05) is 17.7 Å². The molecule has 0 N–H and O–H groups in total. The summed E-state index contributed by atoms with van der Waals surface area (Å²) in [7, 11) is 1.63. The van der Waals surface area contributed by atoms with E-state index in [0.717, 1.165) is 11.3 Å². The van der Waals surface area contributed by atoms with Crippen molar-refractivity contribution in [2.45, 2.75) is 26.4 Å². The van der Waals surface area contributed by atoms with E-state index in [1.807, 2.05) is 36.9 Å². The van der Waals surface area contributed by atoms with Crippen LogP contribution in [-0.4, -0.2) is 37.2 Å². The minimum atomic E-state index is 0.0156. The Hall–Kier alpha value is -1.26. The van der Waals surface area contributed by atoms with Crippen LogP contribution in [0.2, 0.25) is 5.02 Å². The molecular formula is C14H19ClN2O2. The van der Waals surface area contributed by atoms with Gasteiger partial charge in [-0.2, -0.15) is 0 Å². The molecule has 4 nitrogen and oxygen atoms in total. The lowest BCUT2D eigenvalue weighted by atomic mass is 10.1. The van der Waals surface area contributed by atoms with Crippen LogP contribution in [0.25, 0.3) is 0 Å². The molecule has 1 aliphatic heterocycles. The molecule has 0 aliphatic carbocycles. The first-order valence-corrected chi connectivity index (χ1v) is 6.78. The number of hydrogen-bond acceptors (Lipinski definition) is 2. The molecule has 0 bridgehead atoms. The third-order valence-corrected chi connectivity index (χ3v) is 3.53. The third kappa shape index (κ3) is 2.85. The van der Waals surface area contributed by atoms with Crippen LogP contribution in [0.3, 0.4) is 0 Å². The van der Waals surface area contributed by atoms with E-state index >= 15 is 0 Å². The van der Waals surface area contributed by atoms with Gasteiger partial charge in [0.1, 0.15) is 0 Å². The monoisotopic (exact) mass is 282 g/mol. The first-order chi connectivity index (χ1) is 9.04. The molecule has 0 fully saturated rings. The van der Waals surface area contributed by atoms with Gasteiger partial charge in [-0.25, -0.2) is 4.79 Å². The average Bonchev–Trinajstić information content (AvgIpc) is 2.37. The lowest BCUT2D eigenvalue weighted by Crippen LogP contribution is -2.50. The van der Waals surface area contributed by atoms with Crippen molar-refractivity contribution in [3.63, 3.8) is 0 Å². The van der Waals surface area contributed by atoms with Gasteiger partial charge in [0.05, 0.1) is 18.8 Å². The highest BCUT2D eigenvalue weighted by atomic mass is 35.5. The number of anilines is 1. The van der Waals surface area contributed by atoms with Crippen LogP contribution in [-0.2, 0) is 11.3 Å². The molecule has 19 heavy (non-hydrogen) atoms. The Morgan fingerprint density at radius 3 is 2.79 bits per heavy atom. The largest absolute Gasteiger partial charge is 0.383 e. The Kier molecular flexibility index (Phi) is 4.32. The third-order valence-electron chi connectivity index (χ3n) is 3.30. The molecule has 5 heteroatoms. The predicted octanol–water partition coefficient (Wildman–Crippen LogP) is 3.14. The first kappa shape index (κ1) is 14.2. The topological polar surface area (TPSA) is 32.8 Å². The molecule has 1 aliphatic rings. The summed E-state index contributed by atoms with van der Waals surface area (Å²) in [6.45, 7) is 5.71. The quantitative estimate of drug-likeness (QED) is 0.850. The van der Waals surface area contributed by atoms with Crippen LogP contribution in [0.1, 0.15) is 19.4 Å². The summed E-state index contributed by atoms with van der Waals surface area (Å²) in [5, 5.41) is 0.645. The Morgan fingerprint density at radius 2 is 2.16 bits per heavy atom. The fourth-order valence-electron chi connectivity index (χ4n) is 2.23. The SMILES string of the molecule is COCCN1C(=O)N(C(C)C)Cc2ccc(Cl)cc21. The van der Waals surface area contributed by atoms with Crippen LogP contribution in [0.5, 0.6) is 0 Å². The summed E-state index contributed by atoms with van der Waals surface area (Å²) in [6.07, 6.45) is 0. The molecule has 104 valence electrons. The summed E-state index contributed by atoms with van der Waals surface area (Å²) >= 11 is 6.04. The summed E-state index contributed by atoms with van der Waals surface area (Å²) in [5.74, 6) is 0. The van der Waals surface area contributed by atoms with Crippen molar-refractivity contribution in [1.29, 1.82) is 0 Å². The van der Waals surface area contributed by atoms with Gasteiger partial charge in [-0.3, -0.25) is 4.90 Å². The number of fused-ring (bicyclic) bond motifs is 1. The van der Waals surface area contributed by atoms with Gasteiger partial charge in [-0.15, -0.1) is 0 Å². The smallest absolute Gasteiger partial charge is 0.325 e. The number of carbonyl (C=O) groups excluding carboxylic acids is 1. The fourth-order valence-corrected chi connectivity index (χ4v) is 2.40. The van der Waals surface area contributed by atoms with Gasteiger partial charge >= 0.3 is 6.03 Å². The molecule has 0 spiro atoms. The summed E-state index contributed by atoms with van der Waals surface area (Å²) in [5.41, 5.74) is 2.01. The van der Waals surface area contributed by atoms with E-state index < -0.39 is 0 Å². The molecule has 2 rings (SSSR count). The molecule has 1 aromatic carbocycles. The standard InChI is InChI=1S/C14H19ClN2O2/c1-10(2)17-9-11-4-5-12(15)8-13(11)16(14(17)18)6-7-19-3/h4-5,8,10H,6-7,9H2,1-3H3. The number of amides is 2. The second-order valence-corrected chi connectivity index (χ2v) is 5.36. The van der Waals surface area contributed by atoms with Crippen molar-refractivity contribution in [3.05, 3.63) is 28.8 Å². The molecule has 0 saturated carbocycles. The van der Waals surface area contributed by atoms with Gasteiger partial charge < -0.3 is 9.64 Å². The second kappa shape index (κ2) is 5.80. The number of halogens is 1. The predicted molar refractivity (Wildman–Crippen MR) is 76.7 cm³/mol. The zero-order valence-electron chi connectivity index (χ0n) is 11.5. The van der Waals surface area contributed by atoms with E-state index in [-0.39, 0.29) is 12.1 Å². The number of methoxy groups -OCH3 is 1. The number of urea groups is 1. The maximum Gasteiger partial charge on any atom is 0.325 e. The summed E-state index contributed by atoms with van der Waals surface area (Å²) in [6, 6.07) is 5.88. The van der Waals surface area contributed by atoms with Crippen LogP contribution < -0.4 is 4.90 Å². The molecular weight excluding hydrogens is 264 g/mol. The molecule has 0 saturated heterocycles. The van der Waals surface area contributed by atoms with E-state index in [1.54, 1.807) is 12.0 Å². The first-order valence-electron chi connectivity index (χ1n) is 6.40. The number of benzene rings is 1. The Bertz CT molecular complexity index is 477. The Labute approximate surface area is 118 Å². The van der Waals surface area contributed by atoms with E-state index in [4.69, 9.17) is 16.3 Å². The summed E-state index contributed by atoms with van der Waals surface area (Å²) < 4.78 is 5.09. The van der Waals surface area contributed by atoms with Crippen LogP contribution in [0.15, 0.2) is 18.2 Å². The highest BCUT2D eigenvalue weighted by molar-refractivity contribution is 6.31. The molecule has 0 atom stereocenters. The minimum absolute atomic E-state index is 0.0156. The van der Waals surface area contributed by atoms with Crippen LogP contribution >= 0.6 is 11.6 Å². The van der Waals surface area contributed by atoms with Crippen molar-refractivity contribution in [1.82, 2.24) is 4.90 Å². The van der Waals surface area contributed by atoms with Gasteiger partial charge in [0.25, 0.3) is 0 Å². The number of rotatable bonds is 4. The Morgan fingerprint density at radius 1 is 1.42 bits per heavy atom. The highest BCUT2D eigenvalue weighted by Crippen LogP contribution is 2.31. The number of nitrogens with zero attached hydrogens (tertiary/aromatic N) is 2. The van der Waals surface area contributed by atoms with Crippen molar-refractivity contribution in [2.24, 2.45) is 0 Å². The van der Waals surface area contributed by atoms with Crippen LogP contribution in [0.4, 0.5) is 10.5 Å². The number of carbonyl (C=O) groups is 1.